The Morgan fingerprint density at radius 3 is 2.50 bits per heavy atom. The number of amides is 1. The summed E-state index contributed by atoms with van der Waals surface area (Å²) in [6.07, 6.45) is 7.62. The van der Waals surface area contributed by atoms with Crippen LogP contribution in [0.4, 0.5) is 5.69 Å². The third kappa shape index (κ3) is 5.64. The molecule has 0 heterocycles. The molecule has 0 saturated carbocycles. The Balaban J connectivity index is 1.78. The van der Waals surface area contributed by atoms with Crippen LogP contribution in [0.25, 0.3) is 0 Å². The van der Waals surface area contributed by atoms with E-state index < -0.39 is 10.0 Å². The highest BCUT2D eigenvalue weighted by Gasteiger charge is 2.28. The van der Waals surface area contributed by atoms with Crippen LogP contribution < -0.4 is 9.62 Å². The van der Waals surface area contributed by atoms with Crippen LogP contribution in [0.3, 0.4) is 0 Å². The largest absolute Gasteiger partial charge is 0.354 e. The molecule has 1 aliphatic carbocycles. The maximum absolute atomic E-state index is 13.3. The van der Waals surface area contributed by atoms with E-state index in [1.165, 1.54) is 18.4 Å². The van der Waals surface area contributed by atoms with Gasteiger partial charge < -0.3 is 5.32 Å². The number of hydrogen-bond acceptors (Lipinski definition) is 3. The van der Waals surface area contributed by atoms with E-state index in [9.17, 15) is 13.2 Å². The van der Waals surface area contributed by atoms with Crippen molar-refractivity contribution >= 4 is 33.2 Å². The Morgan fingerprint density at radius 1 is 1.10 bits per heavy atom. The fourth-order valence-electron chi connectivity index (χ4n) is 3.47. The van der Waals surface area contributed by atoms with Crippen LogP contribution in [-0.4, -0.2) is 27.4 Å². The van der Waals surface area contributed by atoms with Gasteiger partial charge >= 0.3 is 0 Å². The number of rotatable bonds is 8. The van der Waals surface area contributed by atoms with Crippen LogP contribution in [0, 0.1) is 6.92 Å². The van der Waals surface area contributed by atoms with E-state index in [0.717, 1.165) is 29.1 Å². The quantitative estimate of drug-likeness (QED) is 0.589. The molecule has 0 aromatic heterocycles. The van der Waals surface area contributed by atoms with Crippen LogP contribution in [0.2, 0.25) is 5.02 Å². The molecule has 0 fully saturated rings. The van der Waals surface area contributed by atoms with Gasteiger partial charge in [0, 0.05) is 6.54 Å². The number of carbonyl (C=O) groups is 1. The van der Waals surface area contributed by atoms with Crippen molar-refractivity contribution in [2.75, 3.05) is 17.4 Å². The van der Waals surface area contributed by atoms with E-state index in [0.29, 0.717) is 6.54 Å². The topological polar surface area (TPSA) is 66.5 Å². The monoisotopic (exact) mass is 446 g/mol. The van der Waals surface area contributed by atoms with Crippen molar-refractivity contribution < 1.29 is 13.2 Å². The Bertz CT molecular complexity index is 1020. The van der Waals surface area contributed by atoms with Crippen LogP contribution in [0.1, 0.15) is 37.7 Å². The summed E-state index contributed by atoms with van der Waals surface area (Å²) in [5.74, 6) is -0.359. The van der Waals surface area contributed by atoms with E-state index in [-0.39, 0.29) is 28.1 Å². The first kappa shape index (κ1) is 22.4. The van der Waals surface area contributed by atoms with Crippen LogP contribution >= 0.6 is 11.6 Å². The van der Waals surface area contributed by atoms with Crippen molar-refractivity contribution in [1.82, 2.24) is 5.32 Å². The van der Waals surface area contributed by atoms with Gasteiger partial charge in [0.15, 0.2) is 0 Å². The molecule has 30 heavy (non-hydrogen) atoms. The lowest BCUT2D eigenvalue weighted by molar-refractivity contribution is -0.119. The van der Waals surface area contributed by atoms with Gasteiger partial charge in [0.1, 0.15) is 6.54 Å². The second-order valence-electron chi connectivity index (χ2n) is 7.48. The molecule has 2 aromatic rings. The lowest BCUT2D eigenvalue weighted by Crippen LogP contribution is -2.41. The molecular weight excluding hydrogens is 420 g/mol. The normalized spacial score (nSPS) is 14.1. The van der Waals surface area contributed by atoms with Crippen LogP contribution in [0.5, 0.6) is 0 Å². The summed E-state index contributed by atoms with van der Waals surface area (Å²) >= 11 is 6.28. The highest BCUT2D eigenvalue weighted by molar-refractivity contribution is 7.92. The van der Waals surface area contributed by atoms with Gasteiger partial charge in [0.2, 0.25) is 5.91 Å². The average molecular weight is 447 g/mol. The molecular formula is C23H27ClN2O3S. The summed E-state index contributed by atoms with van der Waals surface area (Å²) in [6, 6.07) is 13.2. The summed E-state index contributed by atoms with van der Waals surface area (Å²) < 4.78 is 27.7. The van der Waals surface area contributed by atoms with E-state index in [2.05, 4.69) is 11.4 Å². The molecule has 0 radical (unpaired) electrons. The smallest absolute Gasteiger partial charge is 0.264 e. The average Bonchev–Trinajstić information content (AvgIpc) is 2.74. The number of allylic oxidation sites excluding steroid dienone is 1. The molecule has 0 saturated heterocycles. The number of carbonyl (C=O) groups excluding carboxylic acids is 1. The van der Waals surface area contributed by atoms with Gasteiger partial charge in [0.05, 0.1) is 15.6 Å². The van der Waals surface area contributed by atoms with Gasteiger partial charge in [-0.15, -0.1) is 0 Å². The lowest BCUT2D eigenvalue weighted by Gasteiger charge is -2.25. The first-order valence-corrected chi connectivity index (χ1v) is 12.0. The number of nitrogens with one attached hydrogen (secondary N) is 1. The minimum absolute atomic E-state index is 0.119. The summed E-state index contributed by atoms with van der Waals surface area (Å²) in [5, 5.41) is 3.12. The molecule has 0 aliphatic heterocycles. The number of hydrogen-bond donors (Lipinski definition) is 1. The van der Waals surface area contributed by atoms with E-state index in [1.54, 1.807) is 48.5 Å². The van der Waals surface area contributed by atoms with Gasteiger partial charge in [-0.25, -0.2) is 8.42 Å². The van der Waals surface area contributed by atoms with Crippen molar-refractivity contribution in [3.8, 4) is 0 Å². The van der Waals surface area contributed by atoms with Gasteiger partial charge in [0.25, 0.3) is 10.0 Å². The molecule has 0 bridgehead atoms. The molecule has 1 aliphatic rings. The van der Waals surface area contributed by atoms with Gasteiger partial charge in [-0.3, -0.25) is 9.10 Å². The summed E-state index contributed by atoms with van der Waals surface area (Å²) in [5.41, 5.74) is 2.59. The zero-order valence-corrected chi connectivity index (χ0v) is 18.7. The molecule has 0 atom stereocenters. The number of aryl methyl sites for hydroxylation is 1. The van der Waals surface area contributed by atoms with E-state index in [4.69, 9.17) is 11.6 Å². The third-order valence-corrected chi connectivity index (χ3v) is 7.26. The number of nitrogens with zero attached hydrogens (tertiary/aromatic N) is 1. The lowest BCUT2D eigenvalue weighted by atomic mass is 9.97. The second kappa shape index (κ2) is 10.1. The molecule has 160 valence electrons. The number of para-hydroxylation sites is 1. The highest BCUT2D eigenvalue weighted by atomic mass is 35.5. The maximum Gasteiger partial charge on any atom is 0.264 e. The SMILES string of the molecule is Cc1ccc(S(=O)(=O)N(CC(=O)NCCC2=CCCCC2)c2ccccc2Cl)cc1. The van der Waals surface area contributed by atoms with Crippen molar-refractivity contribution in [3.05, 3.63) is 70.8 Å². The van der Waals surface area contributed by atoms with E-state index in [1.807, 2.05) is 6.92 Å². The third-order valence-electron chi connectivity index (χ3n) is 5.17. The van der Waals surface area contributed by atoms with Gasteiger partial charge in [-0.2, -0.15) is 0 Å². The van der Waals surface area contributed by atoms with E-state index >= 15 is 0 Å². The highest BCUT2D eigenvalue weighted by Crippen LogP contribution is 2.30. The molecule has 5 nitrogen and oxygen atoms in total. The molecule has 2 aromatic carbocycles. The number of sulfonamides is 1. The zero-order valence-electron chi connectivity index (χ0n) is 17.1. The standard InChI is InChI=1S/C23H27ClN2O3S/c1-18-11-13-20(14-12-18)30(28,29)26(22-10-6-5-9-21(22)24)17-23(27)25-16-15-19-7-3-2-4-8-19/h5-7,9-14H,2-4,8,15-17H2,1H3,(H,25,27). The van der Waals surface area contributed by atoms with Gasteiger partial charge in [-0.1, -0.05) is 53.1 Å². The van der Waals surface area contributed by atoms with Crippen LogP contribution in [-0.2, 0) is 14.8 Å². The zero-order chi connectivity index (χ0) is 21.6. The molecule has 1 N–H and O–H groups in total. The number of anilines is 1. The Morgan fingerprint density at radius 2 is 1.83 bits per heavy atom. The molecule has 0 spiro atoms. The summed E-state index contributed by atoms with van der Waals surface area (Å²) in [7, 11) is -3.96. The Hall–Kier alpha value is -2.31. The Labute approximate surface area is 183 Å². The predicted molar refractivity (Wildman–Crippen MR) is 121 cm³/mol. The van der Waals surface area contributed by atoms with Crippen molar-refractivity contribution in [2.45, 2.75) is 43.9 Å². The van der Waals surface area contributed by atoms with Crippen molar-refractivity contribution in [3.63, 3.8) is 0 Å². The number of benzene rings is 2. The van der Waals surface area contributed by atoms with Gasteiger partial charge in [-0.05, 0) is 63.3 Å². The molecule has 0 unspecified atom stereocenters. The first-order chi connectivity index (χ1) is 14.4. The number of halogens is 1. The first-order valence-electron chi connectivity index (χ1n) is 10.2. The fraction of sp³-hybridized carbons (Fsp3) is 0.348. The Kier molecular flexibility index (Phi) is 7.56. The summed E-state index contributed by atoms with van der Waals surface area (Å²) in [4.78, 5) is 12.8. The van der Waals surface area contributed by atoms with Crippen LogP contribution in [0.15, 0.2) is 65.1 Å². The minimum Gasteiger partial charge on any atom is -0.354 e. The maximum atomic E-state index is 13.3. The predicted octanol–water partition coefficient (Wildman–Crippen LogP) is 4.85. The molecule has 7 heteroatoms. The molecule has 1 amide bonds. The fourth-order valence-corrected chi connectivity index (χ4v) is 5.20. The van der Waals surface area contributed by atoms with Crippen molar-refractivity contribution in [1.29, 1.82) is 0 Å². The van der Waals surface area contributed by atoms with Crippen molar-refractivity contribution in [2.24, 2.45) is 0 Å². The molecule has 3 rings (SSSR count). The minimum atomic E-state index is -3.96. The summed E-state index contributed by atoms with van der Waals surface area (Å²) in [6.45, 7) is 2.04. The second-order valence-corrected chi connectivity index (χ2v) is 9.75.